The molecule has 2 aromatic rings. The highest BCUT2D eigenvalue weighted by molar-refractivity contribution is 7.11. The van der Waals surface area contributed by atoms with Gasteiger partial charge in [0, 0.05) is 11.1 Å². The van der Waals surface area contributed by atoms with Crippen LogP contribution in [0.15, 0.2) is 18.5 Å². The number of carbonyl (C=O) groups excluding carboxylic acids is 1. The second kappa shape index (κ2) is 5.36. The summed E-state index contributed by atoms with van der Waals surface area (Å²) in [5.74, 6) is -0.183. The molecule has 3 N–H and O–H groups in total. The molecule has 0 fully saturated rings. The number of aromatic nitrogens is 2. The van der Waals surface area contributed by atoms with Gasteiger partial charge >= 0.3 is 0 Å². The third-order valence-electron chi connectivity index (χ3n) is 2.71. The lowest BCUT2D eigenvalue weighted by Crippen LogP contribution is -2.27. The first-order valence-electron chi connectivity index (χ1n) is 5.92. The Labute approximate surface area is 115 Å². The number of hydrogen-bond donors (Lipinski definition) is 2. The van der Waals surface area contributed by atoms with Crippen molar-refractivity contribution in [3.8, 4) is 0 Å². The summed E-state index contributed by atoms with van der Waals surface area (Å²) < 4.78 is 0. The molecule has 0 aromatic carbocycles. The van der Waals surface area contributed by atoms with E-state index in [2.05, 4.69) is 15.3 Å². The van der Waals surface area contributed by atoms with E-state index in [1.54, 1.807) is 36.7 Å². The van der Waals surface area contributed by atoms with Gasteiger partial charge in [-0.3, -0.25) is 9.78 Å². The minimum atomic E-state index is -0.183. The lowest BCUT2D eigenvalue weighted by molar-refractivity contribution is 0.0939. The van der Waals surface area contributed by atoms with Crippen LogP contribution >= 0.6 is 11.3 Å². The van der Waals surface area contributed by atoms with E-state index in [0.717, 1.165) is 9.88 Å². The first-order chi connectivity index (χ1) is 8.97. The predicted molar refractivity (Wildman–Crippen MR) is 76.1 cm³/mol. The summed E-state index contributed by atoms with van der Waals surface area (Å²) in [6.45, 7) is 5.68. The van der Waals surface area contributed by atoms with Gasteiger partial charge in [-0.25, -0.2) is 4.98 Å². The van der Waals surface area contributed by atoms with Crippen molar-refractivity contribution in [2.75, 3.05) is 5.73 Å². The molecule has 0 aliphatic rings. The molecule has 0 saturated carbocycles. The number of nitrogen functional groups attached to an aromatic ring is 1. The van der Waals surface area contributed by atoms with E-state index < -0.39 is 0 Å². The Balaban J connectivity index is 2.15. The largest absolute Gasteiger partial charge is 0.397 e. The quantitative estimate of drug-likeness (QED) is 0.900. The zero-order chi connectivity index (χ0) is 14.0. The summed E-state index contributed by atoms with van der Waals surface area (Å²) in [6, 6.07) is 1.50. The van der Waals surface area contributed by atoms with Crippen LogP contribution in [0.1, 0.15) is 38.9 Å². The molecule has 2 rings (SSSR count). The maximum absolute atomic E-state index is 12.2. The maximum atomic E-state index is 12.2. The Bertz CT molecular complexity index is 608. The molecule has 6 heteroatoms. The predicted octanol–water partition coefficient (Wildman–Crippen LogP) is 2.23. The van der Waals surface area contributed by atoms with Crippen LogP contribution in [-0.4, -0.2) is 15.9 Å². The van der Waals surface area contributed by atoms with Gasteiger partial charge in [-0.05, 0) is 26.8 Å². The number of nitrogens with one attached hydrogen (secondary N) is 1. The smallest absolute Gasteiger partial charge is 0.253 e. The zero-order valence-corrected chi connectivity index (χ0v) is 11.9. The van der Waals surface area contributed by atoms with Crippen LogP contribution in [0.5, 0.6) is 0 Å². The Hall–Kier alpha value is -1.95. The molecule has 2 heterocycles. The number of nitrogens with two attached hydrogens (primary N) is 1. The van der Waals surface area contributed by atoms with E-state index in [1.165, 1.54) is 0 Å². The van der Waals surface area contributed by atoms with Crippen molar-refractivity contribution >= 4 is 22.9 Å². The van der Waals surface area contributed by atoms with E-state index in [-0.39, 0.29) is 11.9 Å². The molecule has 0 saturated heterocycles. The number of pyridine rings is 1. The monoisotopic (exact) mass is 276 g/mol. The molecule has 2 aromatic heterocycles. The summed E-state index contributed by atoms with van der Waals surface area (Å²) in [5.41, 5.74) is 7.30. The van der Waals surface area contributed by atoms with Gasteiger partial charge in [0.25, 0.3) is 5.91 Å². The van der Waals surface area contributed by atoms with Gasteiger partial charge in [-0.1, -0.05) is 0 Å². The van der Waals surface area contributed by atoms with Gasteiger partial charge in [0.1, 0.15) is 5.01 Å². The first-order valence-corrected chi connectivity index (χ1v) is 6.74. The molecule has 1 atom stereocenters. The van der Waals surface area contributed by atoms with Crippen molar-refractivity contribution in [1.29, 1.82) is 0 Å². The number of nitrogens with zero attached hydrogens (tertiary/aromatic N) is 2. The van der Waals surface area contributed by atoms with Gasteiger partial charge in [-0.2, -0.15) is 0 Å². The summed E-state index contributed by atoms with van der Waals surface area (Å²) in [4.78, 5) is 21.7. The van der Waals surface area contributed by atoms with Crippen molar-refractivity contribution in [1.82, 2.24) is 15.3 Å². The maximum Gasteiger partial charge on any atom is 0.253 e. The van der Waals surface area contributed by atoms with Crippen LogP contribution in [0.25, 0.3) is 0 Å². The molecule has 5 nitrogen and oxygen atoms in total. The zero-order valence-electron chi connectivity index (χ0n) is 11.1. The summed E-state index contributed by atoms with van der Waals surface area (Å²) in [6.07, 6.45) is 3.34. The molecule has 100 valence electrons. The van der Waals surface area contributed by atoms with Crippen LogP contribution in [-0.2, 0) is 0 Å². The van der Waals surface area contributed by atoms with Crippen molar-refractivity contribution in [3.63, 3.8) is 0 Å². The Kier molecular flexibility index (Phi) is 3.80. The second-order valence-corrected chi connectivity index (χ2v) is 5.67. The number of hydrogen-bond acceptors (Lipinski definition) is 5. The van der Waals surface area contributed by atoms with Gasteiger partial charge < -0.3 is 11.1 Å². The fourth-order valence-electron chi connectivity index (χ4n) is 1.69. The van der Waals surface area contributed by atoms with Crippen LogP contribution < -0.4 is 11.1 Å². The summed E-state index contributed by atoms with van der Waals surface area (Å²) >= 11 is 1.57. The molecule has 0 bridgehead atoms. The van der Waals surface area contributed by atoms with E-state index in [1.807, 2.05) is 13.8 Å². The Morgan fingerprint density at radius 3 is 2.74 bits per heavy atom. The third kappa shape index (κ3) is 3.08. The SMILES string of the molecule is Cc1cnc(C(C)NC(=O)c2cc(N)cnc2C)s1. The van der Waals surface area contributed by atoms with E-state index in [0.29, 0.717) is 16.9 Å². The van der Waals surface area contributed by atoms with Crippen LogP contribution in [0.3, 0.4) is 0 Å². The molecular weight excluding hydrogens is 260 g/mol. The number of carbonyl (C=O) groups is 1. The van der Waals surface area contributed by atoms with Gasteiger partial charge in [-0.15, -0.1) is 11.3 Å². The fraction of sp³-hybridized carbons (Fsp3) is 0.308. The highest BCUT2D eigenvalue weighted by Crippen LogP contribution is 2.20. The highest BCUT2D eigenvalue weighted by Gasteiger charge is 2.16. The lowest BCUT2D eigenvalue weighted by atomic mass is 10.1. The topological polar surface area (TPSA) is 80.9 Å². The van der Waals surface area contributed by atoms with E-state index >= 15 is 0 Å². The van der Waals surface area contributed by atoms with E-state index in [4.69, 9.17) is 5.73 Å². The molecule has 1 unspecified atom stereocenters. The lowest BCUT2D eigenvalue weighted by Gasteiger charge is -2.12. The second-order valence-electron chi connectivity index (χ2n) is 4.41. The van der Waals surface area contributed by atoms with Gasteiger partial charge in [0.05, 0.1) is 29.2 Å². The average molecular weight is 276 g/mol. The summed E-state index contributed by atoms with van der Waals surface area (Å²) in [7, 11) is 0. The third-order valence-corrected chi connectivity index (χ3v) is 3.81. The summed E-state index contributed by atoms with van der Waals surface area (Å²) in [5, 5.41) is 3.80. The number of aryl methyl sites for hydroxylation is 2. The first kappa shape index (κ1) is 13.5. The molecule has 0 spiro atoms. The van der Waals surface area contributed by atoms with Crippen molar-refractivity contribution in [2.45, 2.75) is 26.8 Å². The number of thiazole rings is 1. The minimum Gasteiger partial charge on any atom is -0.397 e. The minimum absolute atomic E-state index is 0.132. The van der Waals surface area contributed by atoms with Crippen molar-refractivity contribution in [2.24, 2.45) is 0 Å². The average Bonchev–Trinajstić information content (AvgIpc) is 2.79. The number of amides is 1. The van der Waals surface area contributed by atoms with Crippen LogP contribution in [0.2, 0.25) is 0 Å². The fourth-order valence-corrected chi connectivity index (χ4v) is 2.46. The van der Waals surface area contributed by atoms with Gasteiger partial charge in [0.2, 0.25) is 0 Å². The molecule has 19 heavy (non-hydrogen) atoms. The van der Waals surface area contributed by atoms with Crippen molar-refractivity contribution < 1.29 is 4.79 Å². The number of rotatable bonds is 3. The van der Waals surface area contributed by atoms with Crippen LogP contribution in [0, 0.1) is 13.8 Å². The number of anilines is 1. The van der Waals surface area contributed by atoms with Crippen LogP contribution in [0.4, 0.5) is 5.69 Å². The molecule has 0 aliphatic carbocycles. The molecule has 0 radical (unpaired) electrons. The Morgan fingerprint density at radius 2 is 2.11 bits per heavy atom. The molecule has 0 aliphatic heterocycles. The standard InChI is InChI=1S/C13H16N4OS/c1-7-5-16-13(19-7)9(3)17-12(18)11-4-10(14)6-15-8(11)2/h4-6,9H,14H2,1-3H3,(H,17,18). The van der Waals surface area contributed by atoms with Gasteiger partial charge in [0.15, 0.2) is 0 Å². The molecular formula is C13H16N4OS. The molecule has 1 amide bonds. The van der Waals surface area contributed by atoms with E-state index in [9.17, 15) is 4.79 Å². The normalized spacial score (nSPS) is 12.2. The Morgan fingerprint density at radius 1 is 1.37 bits per heavy atom. The highest BCUT2D eigenvalue weighted by atomic mass is 32.1. The van der Waals surface area contributed by atoms with Crippen molar-refractivity contribution in [3.05, 3.63) is 39.6 Å².